The van der Waals surface area contributed by atoms with Crippen molar-refractivity contribution in [2.45, 2.75) is 35.5 Å². The number of aryl methyl sites for hydroxylation is 1. The predicted molar refractivity (Wildman–Crippen MR) is 128 cm³/mol. The summed E-state index contributed by atoms with van der Waals surface area (Å²) in [6, 6.07) is 4.50. The summed E-state index contributed by atoms with van der Waals surface area (Å²) < 4.78 is 28.0. The van der Waals surface area contributed by atoms with Gasteiger partial charge < -0.3 is 11.1 Å². The molecule has 13 heteroatoms. The third kappa shape index (κ3) is 6.64. The summed E-state index contributed by atoms with van der Waals surface area (Å²) in [6.45, 7) is 3.84. The first kappa shape index (κ1) is 29.3. The molecule has 3 aromatic rings. The molecule has 3 rings (SSSR count). The number of nitrogens with zero attached hydrogens (tertiary/aromatic N) is 3. The Kier molecular flexibility index (Phi) is 11.2. The highest BCUT2D eigenvalue weighted by Crippen LogP contribution is 2.30. The molecule has 0 bridgehead atoms. The zero-order valence-corrected chi connectivity index (χ0v) is 21.0. The molecule has 3 N–H and O–H groups in total. The number of hydrogen-bond donors (Lipinski definition) is 2. The first-order valence-corrected chi connectivity index (χ1v) is 10.9. The van der Waals surface area contributed by atoms with Crippen LogP contribution in [-0.4, -0.2) is 35.1 Å². The van der Waals surface area contributed by atoms with E-state index in [0.717, 1.165) is 11.3 Å². The molecule has 2 heterocycles. The van der Waals surface area contributed by atoms with Gasteiger partial charge in [-0.05, 0) is 37.6 Å². The second-order valence-corrected chi connectivity index (χ2v) is 9.85. The van der Waals surface area contributed by atoms with Crippen LogP contribution in [0.4, 0.5) is 0 Å². The average molecular weight is 529 g/mol. The van der Waals surface area contributed by atoms with E-state index in [1.54, 1.807) is 36.3 Å². The monoisotopic (exact) mass is 527 g/mol. The topological polar surface area (TPSA) is 120 Å². The molecule has 8 nitrogen and oxygen atoms in total. The molecule has 1 aromatic carbocycles. The predicted octanol–water partition coefficient (Wildman–Crippen LogP) is 3.24. The molecule has 0 spiro atoms. The Bertz CT molecular complexity index is 1130. The van der Waals surface area contributed by atoms with Gasteiger partial charge in [-0.2, -0.15) is 5.10 Å². The van der Waals surface area contributed by atoms with Crippen molar-refractivity contribution >= 4 is 64.3 Å². The van der Waals surface area contributed by atoms with Gasteiger partial charge in [0.05, 0.1) is 17.3 Å². The fourth-order valence-corrected chi connectivity index (χ4v) is 5.13. The Morgan fingerprint density at radius 1 is 1.16 bits per heavy atom. The number of rotatable bonds is 6. The standard InChI is InChI=1S/C18H21N5O3S2.3ClH/c1-11(2)22-18(24)13-4-12(14-8-21-23(3)10-14)5-15(6-13)28(25,26)17-9-20-16(7-19)27-17;;;/h4-6,8-11H,7,19H2,1-3H3,(H,22,24);3*1H. The van der Waals surface area contributed by atoms with Crippen molar-refractivity contribution in [3.63, 3.8) is 0 Å². The van der Waals surface area contributed by atoms with Crippen LogP contribution in [0.5, 0.6) is 0 Å². The van der Waals surface area contributed by atoms with E-state index in [1.807, 2.05) is 13.8 Å². The van der Waals surface area contributed by atoms with E-state index in [2.05, 4.69) is 15.4 Å². The van der Waals surface area contributed by atoms with Crippen molar-refractivity contribution < 1.29 is 13.2 Å². The van der Waals surface area contributed by atoms with Gasteiger partial charge in [0.25, 0.3) is 5.91 Å². The van der Waals surface area contributed by atoms with Crippen LogP contribution in [0.15, 0.2) is 45.9 Å². The molecule has 0 saturated carbocycles. The van der Waals surface area contributed by atoms with E-state index < -0.39 is 9.84 Å². The first-order valence-electron chi connectivity index (χ1n) is 8.55. The summed E-state index contributed by atoms with van der Waals surface area (Å²) >= 11 is 1.02. The highest BCUT2D eigenvalue weighted by atomic mass is 35.5. The van der Waals surface area contributed by atoms with E-state index in [1.165, 1.54) is 12.3 Å². The van der Waals surface area contributed by atoms with Gasteiger partial charge in [-0.3, -0.25) is 9.48 Å². The molecule has 31 heavy (non-hydrogen) atoms. The third-order valence-electron chi connectivity index (χ3n) is 3.91. The number of sulfone groups is 1. The molecular weight excluding hydrogens is 505 g/mol. The average Bonchev–Trinajstić information content (AvgIpc) is 3.30. The van der Waals surface area contributed by atoms with Crippen molar-refractivity contribution in [2.24, 2.45) is 12.8 Å². The van der Waals surface area contributed by atoms with Crippen LogP contribution in [0.2, 0.25) is 0 Å². The van der Waals surface area contributed by atoms with Crippen LogP contribution in [0.25, 0.3) is 11.1 Å². The number of benzene rings is 1. The Hall–Kier alpha value is -1.69. The van der Waals surface area contributed by atoms with Gasteiger partial charge in [-0.1, -0.05) is 0 Å². The largest absolute Gasteiger partial charge is 0.350 e. The number of nitrogens with two attached hydrogens (primary N) is 1. The molecule has 1 amide bonds. The number of hydrogen-bond acceptors (Lipinski definition) is 7. The summed E-state index contributed by atoms with van der Waals surface area (Å²) in [4.78, 5) is 16.6. The van der Waals surface area contributed by atoms with Crippen LogP contribution in [0, 0.1) is 0 Å². The van der Waals surface area contributed by atoms with Gasteiger partial charge in [0.1, 0.15) is 9.22 Å². The number of nitrogens with one attached hydrogen (secondary N) is 1. The van der Waals surface area contributed by atoms with Gasteiger partial charge in [0.2, 0.25) is 9.84 Å². The number of thiazole rings is 1. The van der Waals surface area contributed by atoms with Crippen LogP contribution in [-0.2, 0) is 23.4 Å². The van der Waals surface area contributed by atoms with Crippen molar-refractivity contribution in [2.75, 3.05) is 0 Å². The second-order valence-electron chi connectivity index (χ2n) is 6.56. The Morgan fingerprint density at radius 2 is 1.84 bits per heavy atom. The van der Waals surface area contributed by atoms with E-state index in [-0.39, 0.29) is 70.4 Å². The molecule has 0 aliphatic rings. The summed E-state index contributed by atoms with van der Waals surface area (Å²) in [5.74, 6) is -0.343. The number of carbonyl (C=O) groups is 1. The van der Waals surface area contributed by atoms with Crippen LogP contribution >= 0.6 is 48.6 Å². The number of carbonyl (C=O) groups excluding carboxylic acids is 1. The number of amides is 1. The molecule has 2 aromatic heterocycles. The van der Waals surface area contributed by atoms with E-state index in [9.17, 15) is 13.2 Å². The normalized spacial score (nSPS) is 10.6. The summed E-state index contributed by atoms with van der Waals surface area (Å²) in [5.41, 5.74) is 7.11. The van der Waals surface area contributed by atoms with Gasteiger partial charge in [0.15, 0.2) is 0 Å². The minimum atomic E-state index is -3.84. The maximum Gasteiger partial charge on any atom is 0.251 e. The Morgan fingerprint density at radius 3 is 2.35 bits per heavy atom. The minimum absolute atomic E-state index is 0. The molecule has 0 unspecified atom stereocenters. The summed E-state index contributed by atoms with van der Waals surface area (Å²) in [7, 11) is -2.08. The molecule has 0 atom stereocenters. The second kappa shape index (κ2) is 11.8. The minimum Gasteiger partial charge on any atom is -0.350 e. The van der Waals surface area contributed by atoms with Crippen molar-refractivity contribution in [1.29, 1.82) is 0 Å². The Labute approximate surface area is 203 Å². The molecule has 0 aliphatic heterocycles. The third-order valence-corrected chi connectivity index (χ3v) is 7.12. The van der Waals surface area contributed by atoms with Gasteiger partial charge in [-0.25, -0.2) is 13.4 Å². The van der Waals surface area contributed by atoms with Gasteiger partial charge in [-0.15, -0.1) is 48.6 Å². The zero-order valence-electron chi connectivity index (χ0n) is 16.9. The van der Waals surface area contributed by atoms with E-state index in [0.29, 0.717) is 16.1 Å². The summed E-state index contributed by atoms with van der Waals surface area (Å²) in [6.07, 6.45) is 4.68. The van der Waals surface area contributed by atoms with Gasteiger partial charge >= 0.3 is 0 Å². The van der Waals surface area contributed by atoms with E-state index >= 15 is 0 Å². The molecular formula is C18H24Cl3N5O3S2. The summed E-state index contributed by atoms with van der Waals surface area (Å²) in [5, 5.41) is 7.45. The molecule has 0 saturated heterocycles. The van der Waals surface area contributed by atoms with Crippen molar-refractivity contribution in [3.05, 3.63) is 47.4 Å². The SMILES string of the molecule is CC(C)NC(=O)c1cc(-c2cnn(C)c2)cc(S(=O)(=O)c2cnc(CN)s2)c1.Cl.Cl.Cl. The fraction of sp³-hybridized carbons (Fsp3) is 0.278. The Balaban J connectivity index is 0.00000300. The van der Waals surface area contributed by atoms with Crippen LogP contribution in [0.3, 0.4) is 0 Å². The zero-order chi connectivity index (χ0) is 20.5. The quantitative estimate of drug-likeness (QED) is 0.507. The van der Waals surface area contributed by atoms with Gasteiger partial charge in [0, 0.05) is 37.0 Å². The number of halogens is 3. The lowest BCUT2D eigenvalue weighted by Crippen LogP contribution is -2.30. The van der Waals surface area contributed by atoms with Crippen molar-refractivity contribution in [1.82, 2.24) is 20.1 Å². The lowest BCUT2D eigenvalue weighted by atomic mass is 10.1. The fourth-order valence-electron chi connectivity index (χ4n) is 2.60. The molecule has 0 fully saturated rings. The molecule has 0 radical (unpaired) electrons. The molecule has 172 valence electrons. The maximum absolute atomic E-state index is 13.1. The highest BCUT2D eigenvalue weighted by Gasteiger charge is 2.24. The highest BCUT2D eigenvalue weighted by molar-refractivity contribution is 7.93. The first-order chi connectivity index (χ1) is 13.2. The maximum atomic E-state index is 13.1. The van der Waals surface area contributed by atoms with Crippen LogP contribution in [0.1, 0.15) is 29.2 Å². The number of aromatic nitrogens is 3. The van der Waals surface area contributed by atoms with Crippen molar-refractivity contribution in [3.8, 4) is 11.1 Å². The van der Waals surface area contributed by atoms with Crippen LogP contribution < -0.4 is 11.1 Å². The lowest BCUT2D eigenvalue weighted by molar-refractivity contribution is 0.0943. The van der Waals surface area contributed by atoms with E-state index in [4.69, 9.17) is 5.73 Å². The lowest BCUT2D eigenvalue weighted by Gasteiger charge is -2.11. The molecule has 0 aliphatic carbocycles. The smallest absolute Gasteiger partial charge is 0.251 e.